The van der Waals surface area contributed by atoms with Gasteiger partial charge >= 0.3 is 0 Å². The number of thiazole rings is 1. The van der Waals surface area contributed by atoms with Crippen LogP contribution in [0.4, 0.5) is 5.13 Å². The van der Waals surface area contributed by atoms with Gasteiger partial charge in [0.1, 0.15) is 0 Å². The molecule has 0 atom stereocenters. The number of nitrogens with zero attached hydrogens (tertiary/aromatic N) is 1. The molecule has 1 rings (SSSR count). The Hall–Kier alpha value is -1.61. The van der Waals surface area contributed by atoms with Gasteiger partial charge in [-0.3, -0.25) is 0 Å². The van der Waals surface area contributed by atoms with Crippen molar-refractivity contribution in [3.8, 4) is 0 Å². The Morgan fingerprint density at radius 3 is 1.88 bits per heavy atom. The van der Waals surface area contributed by atoms with Gasteiger partial charge < -0.3 is 5.32 Å². The molecule has 0 aliphatic heterocycles. The summed E-state index contributed by atoms with van der Waals surface area (Å²) in [5.41, 5.74) is 2.02. The minimum atomic E-state index is 0.904. The molecule has 0 amide bonds. The number of hydrogen-bond donors (Lipinski definition) is 1. The van der Waals surface area contributed by atoms with Crippen molar-refractivity contribution in [1.29, 1.82) is 0 Å². The average Bonchev–Trinajstić information content (AvgIpc) is 3.02. The van der Waals surface area contributed by atoms with Crippen LogP contribution in [0.5, 0.6) is 0 Å². The summed E-state index contributed by atoms with van der Waals surface area (Å²) in [5, 5.41) is 4.18. The Kier molecular flexibility index (Phi) is 34.0. The van der Waals surface area contributed by atoms with E-state index in [0.29, 0.717) is 0 Å². The van der Waals surface area contributed by atoms with Crippen molar-refractivity contribution in [3.05, 3.63) is 53.2 Å². The van der Waals surface area contributed by atoms with E-state index in [1.807, 2.05) is 99.6 Å². The molecule has 0 fully saturated rings. The highest BCUT2D eigenvalue weighted by atomic mass is 32.1. The molecular formula is C22H42N2S. The lowest BCUT2D eigenvalue weighted by atomic mass is 10.3. The Morgan fingerprint density at radius 1 is 0.960 bits per heavy atom. The zero-order valence-electron chi connectivity index (χ0n) is 18.5. The molecular weight excluding hydrogens is 324 g/mol. The highest BCUT2D eigenvalue weighted by Crippen LogP contribution is 2.24. The van der Waals surface area contributed by atoms with Crippen molar-refractivity contribution in [2.45, 2.75) is 76.2 Å². The maximum absolute atomic E-state index is 4.52. The molecule has 2 nitrogen and oxygen atoms in total. The van der Waals surface area contributed by atoms with Gasteiger partial charge in [-0.05, 0) is 39.0 Å². The molecule has 1 aromatic rings. The zero-order valence-corrected chi connectivity index (χ0v) is 19.3. The molecule has 1 N–H and O–H groups in total. The van der Waals surface area contributed by atoms with Crippen LogP contribution < -0.4 is 5.32 Å². The molecule has 0 aliphatic carbocycles. The van der Waals surface area contributed by atoms with Crippen molar-refractivity contribution in [2.24, 2.45) is 0 Å². The van der Waals surface area contributed by atoms with Gasteiger partial charge in [0, 0.05) is 10.6 Å². The molecule has 3 heteroatoms. The predicted octanol–water partition coefficient (Wildman–Crippen LogP) is 8.65. The molecule has 0 aliphatic rings. The van der Waals surface area contributed by atoms with Crippen molar-refractivity contribution >= 4 is 22.5 Å². The normalized spacial score (nSPS) is 9.48. The third-order valence-corrected chi connectivity index (χ3v) is 2.95. The second kappa shape index (κ2) is 27.2. The van der Waals surface area contributed by atoms with Crippen LogP contribution in [-0.4, -0.2) is 4.98 Å². The van der Waals surface area contributed by atoms with Crippen LogP contribution in [0, 0.1) is 6.92 Å². The smallest absolute Gasteiger partial charge is 0.187 e. The molecule has 0 radical (unpaired) electrons. The lowest BCUT2D eigenvalue weighted by molar-refractivity contribution is 1.31. The van der Waals surface area contributed by atoms with Gasteiger partial charge in [-0.2, -0.15) is 0 Å². The van der Waals surface area contributed by atoms with Crippen molar-refractivity contribution in [1.82, 2.24) is 4.98 Å². The quantitative estimate of drug-likeness (QED) is 0.527. The van der Waals surface area contributed by atoms with E-state index in [1.165, 1.54) is 4.88 Å². The summed E-state index contributed by atoms with van der Waals surface area (Å²) in [4.78, 5) is 5.73. The summed E-state index contributed by atoms with van der Waals surface area (Å²) < 4.78 is 0. The Labute approximate surface area is 162 Å². The lowest BCUT2D eigenvalue weighted by Crippen LogP contribution is -1.95. The van der Waals surface area contributed by atoms with E-state index < -0.39 is 0 Å². The molecule has 0 bridgehead atoms. The van der Waals surface area contributed by atoms with Crippen LogP contribution >= 0.6 is 11.3 Å². The van der Waals surface area contributed by atoms with Gasteiger partial charge in [0.15, 0.2) is 5.13 Å². The minimum absolute atomic E-state index is 0.904. The van der Waals surface area contributed by atoms with Gasteiger partial charge in [0.2, 0.25) is 0 Å². The number of aryl methyl sites for hydroxylation is 1. The third kappa shape index (κ3) is 17.0. The number of anilines is 1. The van der Waals surface area contributed by atoms with Crippen LogP contribution in [-0.2, 0) is 0 Å². The first-order valence-corrected chi connectivity index (χ1v) is 10.4. The molecule has 0 saturated carbocycles. The third-order valence-electron chi connectivity index (χ3n) is 2.05. The fourth-order valence-electron chi connectivity index (χ4n) is 1.34. The van der Waals surface area contributed by atoms with E-state index in [0.717, 1.165) is 16.5 Å². The maximum Gasteiger partial charge on any atom is 0.187 e. The van der Waals surface area contributed by atoms with Crippen molar-refractivity contribution < 1.29 is 0 Å². The van der Waals surface area contributed by atoms with Gasteiger partial charge in [0.05, 0.1) is 5.69 Å². The van der Waals surface area contributed by atoms with E-state index in [2.05, 4.69) is 23.8 Å². The van der Waals surface area contributed by atoms with Gasteiger partial charge in [-0.25, -0.2) is 4.98 Å². The highest BCUT2D eigenvalue weighted by Gasteiger charge is 2.04. The predicted molar refractivity (Wildman–Crippen MR) is 124 cm³/mol. The summed E-state index contributed by atoms with van der Waals surface area (Å²) in [7, 11) is 0. The van der Waals surface area contributed by atoms with Crippen LogP contribution in [0.2, 0.25) is 0 Å². The number of rotatable bonds is 5. The van der Waals surface area contributed by atoms with Crippen molar-refractivity contribution in [2.75, 3.05) is 5.32 Å². The Morgan fingerprint density at radius 2 is 1.48 bits per heavy atom. The number of aromatic nitrogens is 1. The first-order valence-electron chi connectivity index (χ1n) is 9.53. The number of nitrogens with one attached hydrogen (secondary N) is 1. The standard InChI is InChI=1S/C14H18N2S.4C2H6/c1-5-8-12(9-6-2)15-14-16-13(10-7-3)11(4)17-14;4*1-2/h5-10H,1H2,2-4H3,(H,15,16);4*1-2H3/b9-6-,10-7-,12-8+;;;;. The molecule has 0 unspecified atom stereocenters. The van der Waals surface area contributed by atoms with Gasteiger partial charge in [-0.15, -0.1) is 11.3 Å². The lowest BCUT2D eigenvalue weighted by Gasteiger charge is -2.01. The van der Waals surface area contributed by atoms with Crippen LogP contribution in [0.25, 0.3) is 6.08 Å². The molecule has 1 heterocycles. The largest absolute Gasteiger partial charge is 0.332 e. The van der Waals surface area contributed by atoms with E-state index in [9.17, 15) is 0 Å². The monoisotopic (exact) mass is 366 g/mol. The van der Waals surface area contributed by atoms with Crippen LogP contribution in [0.3, 0.4) is 0 Å². The van der Waals surface area contributed by atoms with Gasteiger partial charge in [0.25, 0.3) is 0 Å². The summed E-state index contributed by atoms with van der Waals surface area (Å²) in [6.45, 7) is 25.8. The number of hydrogen-bond acceptors (Lipinski definition) is 3. The summed E-state index contributed by atoms with van der Waals surface area (Å²) in [5.74, 6) is 0. The molecule has 0 saturated heterocycles. The first-order chi connectivity index (χ1) is 12.2. The maximum atomic E-state index is 4.52. The Bertz CT molecular complexity index is 466. The minimum Gasteiger partial charge on any atom is -0.332 e. The SMILES string of the molecule is C=C/C=C(\C=C/C)Nc1nc(/C=C\C)c(C)s1.CC.CC.CC.CC. The van der Waals surface area contributed by atoms with E-state index in [-0.39, 0.29) is 0 Å². The second-order valence-electron chi connectivity index (χ2n) is 3.44. The molecule has 25 heavy (non-hydrogen) atoms. The Balaban J connectivity index is -0.000000241. The fraction of sp³-hybridized carbons (Fsp3) is 0.500. The summed E-state index contributed by atoms with van der Waals surface area (Å²) in [6.07, 6.45) is 11.7. The van der Waals surface area contributed by atoms with E-state index >= 15 is 0 Å². The molecule has 0 aromatic carbocycles. The van der Waals surface area contributed by atoms with E-state index in [4.69, 9.17) is 0 Å². The summed E-state index contributed by atoms with van der Waals surface area (Å²) in [6, 6.07) is 0. The zero-order chi connectivity index (χ0) is 20.7. The molecule has 0 spiro atoms. The van der Waals surface area contributed by atoms with Crippen LogP contribution in [0.15, 0.2) is 42.7 Å². The topological polar surface area (TPSA) is 24.9 Å². The molecule has 1 aromatic heterocycles. The average molecular weight is 367 g/mol. The van der Waals surface area contributed by atoms with E-state index in [1.54, 1.807) is 17.4 Å². The van der Waals surface area contributed by atoms with Crippen molar-refractivity contribution in [3.63, 3.8) is 0 Å². The highest BCUT2D eigenvalue weighted by molar-refractivity contribution is 7.15. The van der Waals surface area contributed by atoms with Gasteiger partial charge in [-0.1, -0.05) is 80.2 Å². The number of allylic oxidation sites excluding steroid dienone is 5. The first kappa shape index (κ1) is 31.2. The summed E-state index contributed by atoms with van der Waals surface area (Å²) >= 11 is 1.65. The van der Waals surface area contributed by atoms with Crippen LogP contribution in [0.1, 0.15) is 79.8 Å². The fourth-order valence-corrected chi connectivity index (χ4v) is 2.16. The molecule has 146 valence electrons. The second-order valence-corrected chi connectivity index (χ2v) is 4.65.